The van der Waals surface area contributed by atoms with Crippen LogP contribution < -0.4 is 9.91 Å². The first-order valence-electron chi connectivity index (χ1n) is 9.26. The maximum Gasteiger partial charge on any atom is 0.345 e. The van der Waals surface area contributed by atoms with E-state index in [-0.39, 0.29) is 18.8 Å². The number of aliphatic imine (C=N–C) groups is 1. The van der Waals surface area contributed by atoms with E-state index in [2.05, 4.69) is 15.1 Å². The van der Waals surface area contributed by atoms with E-state index in [0.29, 0.717) is 29.8 Å². The number of amidine groups is 1. The van der Waals surface area contributed by atoms with Crippen LogP contribution in [0.5, 0.6) is 0 Å². The Hall–Kier alpha value is -3.65. The summed E-state index contributed by atoms with van der Waals surface area (Å²) in [6.07, 6.45) is 3.29. The van der Waals surface area contributed by atoms with Crippen LogP contribution in [-0.2, 0) is 4.74 Å². The van der Waals surface area contributed by atoms with Gasteiger partial charge >= 0.3 is 6.01 Å². The number of hydrazine groups is 1. The number of hydrogen-bond acceptors (Lipinski definition) is 10. The van der Waals surface area contributed by atoms with Crippen LogP contribution in [0.25, 0.3) is 0 Å². The third kappa shape index (κ3) is 2.20. The lowest BCUT2D eigenvalue weighted by atomic mass is 10.1. The molecule has 0 saturated carbocycles. The Morgan fingerprint density at radius 1 is 1.28 bits per heavy atom. The normalized spacial score (nSPS) is 24.8. The number of para-hydroxylation sites is 1. The van der Waals surface area contributed by atoms with E-state index < -0.39 is 6.42 Å². The van der Waals surface area contributed by atoms with Crippen molar-refractivity contribution >= 4 is 17.5 Å². The predicted octanol–water partition coefficient (Wildman–Crippen LogP) is 2.03. The number of nitriles is 1. The van der Waals surface area contributed by atoms with Gasteiger partial charge in [0.15, 0.2) is 17.8 Å². The number of anilines is 2. The van der Waals surface area contributed by atoms with Gasteiger partial charge in [-0.1, -0.05) is 17.3 Å². The van der Waals surface area contributed by atoms with Crippen LogP contribution in [0.1, 0.15) is 30.3 Å². The number of hydrogen-bond donors (Lipinski definition) is 0. The Kier molecular flexibility index (Phi) is 3.33. The van der Waals surface area contributed by atoms with Gasteiger partial charge in [0.05, 0.1) is 11.9 Å². The van der Waals surface area contributed by atoms with Gasteiger partial charge in [0.2, 0.25) is 5.82 Å². The number of aromatic nitrogens is 2. The number of ether oxygens (including phenoxy) is 1. The molecule has 2 atom stereocenters. The molecule has 1 saturated heterocycles. The van der Waals surface area contributed by atoms with Crippen LogP contribution in [0.4, 0.5) is 16.1 Å². The minimum absolute atomic E-state index is 0.177. The van der Waals surface area contributed by atoms with Crippen LogP contribution in [0.15, 0.2) is 45.8 Å². The minimum atomic E-state index is -1.65. The maximum atomic E-state index is 15.0. The Morgan fingerprint density at radius 2 is 2.17 bits per heavy atom. The molecule has 0 N–H and O–H groups in total. The van der Waals surface area contributed by atoms with Crippen LogP contribution in [0, 0.1) is 11.5 Å². The average molecular weight is 394 g/mol. The van der Waals surface area contributed by atoms with Gasteiger partial charge in [-0.05, 0) is 25.0 Å². The van der Waals surface area contributed by atoms with Crippen LogP contribution in [0.3, 0.4) is 0 Å². The Labute approximate surface area is 164 Å². The fourth-order valence-corrected chi connectivity index (χ4v) is 4.03. The fourth-order valence-electron chi connectivity index (χ4n) is 4.03. The third-order valence-corrected chi connectivity index (χ3v) is 5.35. The summed E-state index contributed by atoms with van der Waals surface area (Å²) in [6, 6.07) is 7.61. The van der Waals surface area contributed by atoms with E-state index in [1.165, 1.54) is 11.1 Å². The van der Waals surface area contributed by atoms with E-state index in [9.17, 15) is 5.26 Å². The van der Waals surface area contributed by atoms with Crippen LogP contribution >= 0.6 is 0 Å². The van der Waals surface area contributed by atoms with Gasteiger partial charge in [0.25, 0.3) is 6.42 Å². The van der Waals surface area contributed by atoms with E-state index in [1.54, 1.807) is 16.1 Å². The molecule has 0 radical (unpaired) electrons. The van der Waals surface area contributed by atoms with Crippen molar-refractivity contribution in [1.29, 1.82) is 5.26 Å². The molecule has 146 valence electrons. The summed E-state index contributed by atoms with van der Waals surface area (Å²) in [4.78, 5) is 11.5. The largest absolute Gasteiger partial charge is 0.370 e. The summed E-state index contributed by atoms with van der Waals surface area (Å²) < 4.78 is 26.1. The van der Waals surface area contributed by atoms with Crippen molar-refractivity contribution in [2.45, 2.75) is 25.4 Å². The second-order valence-corrected chi connectivity index (χ2v) is 6.96. The summed E-state index contributed by atoms with van der Waals surface area (Å²) in [6.45, 7) is 0.906. The molecule has 0 bridgehead atoms. The molecule has 5 heterocycles. The number of fused-ring (bicyclic) bond motifs is 6. The van der Waals surface area contributed by atoms with E-state index in [1.807, 2.05) is 24.4 Å². The van der Waals surface area contributed by atoms with Gasteiger partial charge in [-0.25, -0.2) is 19.9 Å². The summed E-state index contributed by atoms with van der Waals surface area (Å²) in [7, 11) is 0. The third-order valence-electron chi connectivity index (χ3n) is 5.35. The SMILES string of the molecule is N#CN1C=C2N(c3ccccc3C3=NCN(c4nc(C5CCCO5)no4)N23)C1F. The summed E-state index contributed by atoms with van der Waals surface area (Å²) >= 11 is 0. The molecule has 4 aliphatic heterocycles. The van der Waals surface area contributed by atoms with Crippen molar-refractivity contribution in [2.75, 3.05) is 23.2 Å². The molecule has 2 unspecified atom stereocenters. The monoisotopic (exact) mass is 394 g/mol. The molecule has 29 heavy (non-hydrogen) atoms. The van der Waals surface area contributed by atoms with Crippen molar-refractivity contribution in [3.05, 3.63) is 47.7 Å². The van der Waals surface area contributed by atoms with Crippen LogP contribution in [-0.4, -0.2) is 45.6 Å². The zero-order chi connectivity index (χ0) is 19.5. The molecule has 0 amide bonds. The lowest BCUT2D eigenvalue weighted by Gasteiger charge is -2.39. The minimum Gasteiger partial charge on any atom is -0.370 e. The van der Waals surface area contributed by atoms with Crippen molar-refractivity contribution in [3.8, 4) is 6.19 Å². The van der Waals surface area contributed by atoms with Gasteiger partial charge in [-0.3, -0.25) is 4.90 Å². The van der Waals surface area contributed by atoms with Crippen molar-refractivity contribution in [1.82, 2.24) is 20.0 Å². The van der Waals surface area contributed by atoms with Crippen molar-refractivity contribution in [3.63, 3.8) is 0 Å². The smallest absolute Gasteiger partial charge is 0.345 e. The summed E-state index contributed by atoms with van der Waals surface area (Å²) in [5, 5.41) is 16.8. The van der Waals surface area contributed by atoms with E-state index >= 15 is 4.39 Å². The molecule has 2 aromatic rings. The lowest BCUT2D eigenvalue weighted by Crippen LogP contribution is -2.50. The molecule has 0 spiro atoms. The molecule has 1 aromatic heterocycles. The van der Waals surface area contributed by atoms with Gasteiger partial charge in [0.1, 0.15) is 12.8 Å². The quantitative estimate of drug-likeness (QED) is 0.560. The average Bonchev–Trinajstić information content (AvgIpc) is 3.52. The number of benzene rings is 1. The standard InChI is InChI=1S/C18H15FN8O2/c19-17-24(9-20)8-14-26(17)12-5-2-1-4-11(12)16-21-10-25(27(14)16)18-22-15(23-29-18)13-6-3-7-28-13/h1-2,4-5,8,13,17H,3,6-7,10H2. The molecule has 6 rings (SSSR count). The fraction of sp³-hybridized carbons (Fsp3) is 0.333. The molecule has 11 heteroatoms. The molecule has 1 fully saturated rings. The van der Waals surface area contributed by atoms with E-state index in [0.717, 1.165) is 23.3 Å². The highest BCUT2D eigenvalue weighted by Crippen LogP contribution is 2.43. The first-order valence-corrected chi connectivity index (χ1v) is 9.26. The number of rotatable bonds is 2. The molecule has 4 aliphatic rings. The second kappa shape index (κ2) is 5.92. The predicted molar refractivity (Wildman–Crippen MR) is 97.3 cm³/mol. The summed E-state index contributed by atoms with van der Waals surface area (Å²) in [5.41, 5.74) is 1.40. The highest BCUT2D eigenvalue weighted by Gasteiger charge is 2.48. The van der Waals surface area contributed by atoms with Crippen LogP contribution in [0.2, 0.25) is 0 Å². The number of alkyl halides is 1. The van der Waals surface area contributed by atoms with E-state index in [4.69, 9.17) is 9.26 Å². The maximum absolute atomic E-state index is 15.0. The molecular weight excluding hydrogens is 379 g/mol. The highest BCUT2D eigenvalue weighted by atomic mass is 19.1. The van der Waals surface area contributed by atoms with Gasteiger partial charge < -0.3 is 9.26 Å². The molecule has 0 aliphatic carbocycles. The zero-order valence-corrected chi connectivity index (χ0v) is 15.1. The molecule has 1 aromatic carbocycles. The summed E-state index contributed by atoms with van der Waals surface area (Å²) in [5.74, 6) is 1.57. The number of nitrogens with zero attached hydrogens (tertiary/aromatic N) is 8. The van der Waals surface area contributed by atoms with Gasteiger partial charge in [-0.15, -0.1) is 0 Å². The first-order chi connectivity index (χ1) is 14.3. The Balaban J connectivity index is 1.43. The Bertz CT molecular complexity index is 1090. The highest BCUT2D eigenvalue weighted by molar-refractivity contribution is 6.09. The van der Waals surface area contributed by atoms with Crippen molar-refractivity contribution < 1.29 is 13.7 Å². The molecular formula is C18H15FN8O2. The first kappa shape index (κ1) is 16.3. The molecule has 10 nitrogen and oxygen atoms in total. The zero-order valence-electron chi connectivity index (χ0n) is 15.1. The van der Waals surface area contributed by atoms with Gasteiger partial charge in [0, 0.05) is 12.2 Å². The second-order valence-electron chi connectivity index (χ2n) is 6.96. The topological polar surface area (TPSA) is 97.3 Å². The Morgan fingerprint density at radius 3 is 3.00 bits per heavy atom. The lowest BCUT2D eigenvalue weighted by molar-refractivity contribution is 0.103. The van der Waals surface area contributed by atoms with Gasteiger partial charge in [-0.2, -0.15) is 14.6 Å². The number of halogens is 1. The van der Waals surface area contributed by atoms with Crippen molar-refractivity contribution in [2.24, 2.45) is 4.99 Å².